The van der Waals surface area contributed by atoms with E-state index >= 15 is 0 Å². The van der Waals surface area contributed by atoms with Crippen LogP contribution < -0.4 is 0 Å². The average Bonchev–Trinajstić information content (AvgIpc) is 2.70. The molecule has 2 N–H and O–H groups in total. The van der Waals surface area contributed by atoms with E-state index < -0.39 is 30.0 Å². The van der Waals surface area contributed by atoms with Crippen LogP contribution in [0.15, 0.2) is 30.3 Å². The van der Waals surface area contributed by atoms with Gasteiger partial charge >= 0.3 is 11.9 Å². The summed E-state index contributed by atoms with van der Waals surface area (Å²) in [5.74, 6) is -2.21. The normalized spacial score (nSPS) is 19.1. The van der Waals surface area contributed by atoms with Crippen molar-refractivity contribution >= 4 is 18.0 Å². The van der Waals surface area contributed by atoms with Crippen LogP contribution in [0.3, 0.4) is 0 Å². The Balaban J connectivity index is 2.28. The molecule has 7 heteroatoms. The second kappa shape index (κ2) is 9.61. The first-order chi connectivity index (χ1) is 15.1. The van der Waals surface area contributed by atoms with Crippen molar-refractivity contribution in [1.82, 2.24) is 4.98 Å². The number of carboxylic acid groups (broad SMARTS) is 1. The van der Waals surface area contributed by atoms with E-state index in [2.05, 4.69) is 0 Å². The highest BCUT2D eigenvalue weighted by Crippen LogP contribution is 2.37. The minimum atomic E-state index is -1.12. The fraction of sp³-hybridized carbons (Fsp3) is 0.400. The lowest BCUT2D eigenvalue weighted by Crippen LogP contribution is -2.31. The lowest BCUT2D eigenvalue weighted by Gasteiger charge is -2.24. The fourth-order valence-corrected chi connectivity index (χ4v) is 3.93. The Bertz CT molecular complexity index is 1040. The number of aromatic nitrogens is 1. The first-order valence-electron chi connectivity index (χ1n) is 10.7. The molecular formula is C25H28FNO5. The molecule has 1 aliphatic rings. The van der Waals surface area contributed by atoms with Crippen LogP contribution in [-0.2, 0) is 9.53 Å². The number of ether oxygens (including phenoxy) is 1. The van der Waals surface area contributed by atoms with Crippen LogP contribution in [0.4, 0.5) is 4.39 Å². The molecule has 1 aliphatic heterocycles. The quantitative estimate of drug-likeness (QED) is 0.618. The zero-order valence-electron chi connectivity index (χ0n) is 18.6. The highest BCUT2D eigenvalue weighted by Gasteiger charge is 2.28. The zero-order valence-corrected chi connectivity index (χ0v) is 18.6. The van der Waals surface area contributed by atoms with Crippen LogP contribution in [0, 0.1) is 5.82 Å². The predicted molar refractivity (Wildman–Crippen MR) is 119 cm³/mol. The van der Waals surface area contributed by atoms with Crippen LogP contribution >= 0.6 is 0 Å². The van der Waals surface area contributed by atoms with Crippen molar-refractivity contribution in [2.75, 3.05) is 0 Å². The highest BCUT2D eigenvalue weighted by atomic mass is 19.1. The summed E-state index contributed by atoms with van der Waals surface area (Å²) in [6.45, 7) is 7.68. The van der Waals surface area contributed by atoms with E-state index in [-0.39, 0.29) is 30.2 Å². The zero-order chi connectivity index (χ0) is 23.6. The van der Waals surface area contributed by atoms with Crippen molar-refractivity contribution in [1.29, 1.82) is 0 Å². The summed E-state index contributed by atoms with van der Waals surface area (Å²) in [6, 6.07) is 5.68. The van der Waals surface area contributed by atoms with E-state index in [1.807, 2.05) is 27.7 Å². The maximum atomic E-state index is 13.6. The molecular weight excluding hydrogens is 413 g/mol. The van der Waals surface area contributed by atoms with Crippen LogP contribution in [0.5, 0.6) is 0 Å². The summed E-state index contributed by atoms with van der Waals surface area (Å²) in [6.07, 6.45) is 2.14. The van der Waals surface area contributed by atoms with Crippen LogP contribution in [0.25, 0.3) is 17.2 Å². The topological polar surface area (TPSA) is 96.7 Å². The molecule has 2 heterocycles. The molecule has 32 heavy (non-hydrogen) atoms. The second-order valence-corrected chi connectivity index (χ2v) is 8.65. The largest absolute Gasteiger partial charge is 0.478 e. The van der Waals surface area contributed by atoms with Gasteiger partial charge in [-0.3, -0.25) is 9.78 Å². The number of hydrogen-bond donors (Lipinski definition) is 2. The lowest BCUT2D eigenvalue weighted by molar-refractivity contribution is -0.156. The van der Waals surface area contributed by atoms with E-state index in [9.17, 15) is 24.2 Å². The number of pyridine rings is 1. The Labute approximate surface area is 186 Å². The first kappa shape index (κ1) is 23.6. The van der Waals surface area contributed by atoms with E-state index in [1.165, 1.54) is 12.1 Å². The van der Waals surface area contributed by atoms with Crippen LogP contribution in [0.2, 0.25) is 0 Å². The van der Waals surface area contributed by atoms with Gasteiger partial charge in [0.1, 0.15) is 11.9 Å². The minimum Gasteiger partial charge on any atom is -0.478 e. The fourth-order valence-electron chi connectivity index (χ4n) is 3.93. The number of benzene rings is 1. The number of carbonyl (C=O) groups excluding carboxylic acids is 1. The lowest BCUT2D eigenvalue weighted by atomic mass is 9.86. The molecule has 0 saturated carbocycles. The van der Waals surface area contributed by atoms with Gasteiger partial charge in [-0.2, -0.15) is 0 Å². The number of carbonyl (C=O) groups is 2. The maximum Gasteiger partial charge on any atom is 0.338 e. The van der Waals surface area contributed by atoms with Gasteiger partial charge in [0.2, 0.25) is 0 Å². The van der Waals surface area contributed by atoms with E-state index in [4.69, 9.17) is 9.72 Å². The van der Waals surface area contributed by atoms with Crippen molar-refractivity contribution in [2.24, 2.45) is 0 Å². The van der Waals surface area contributed by atoms with E-state index in [0.29, 0.717) is 28.1 Å². The standard InChI is InChI=1S/C25H28FNO5/c1-13(2)23-19(10-9-18-11-17(28)12-20(29)32-18)21(15-5-7-16(26)8-6-15)22(25(30)31)24(27-23)14(3)4/h5-10,13-14,17-18,28H,11-12H2,1-4H3,(H,30,31)/t17-,18-/m0/s1. The molecule has 6 nitrogen and oxygen atoms in total. The molecule has 0 amide bonds. The van der Waals surface area contributed by atoms with Crippen molar-refractivity contribution in [3.63, 3.8) is 0 Å². The molecule has 0 aliphatic carbocycles. The Morgan fingerprint density at radius 2 is 1.78 bits per heavy atom. The number of aliphatic hydroxyl groups excluding tert-OH is 1. The third-order valence-electron chi connectivity index (χ3n) is 5.40. The molecule has 1 fully saturated rings. The summed E-state index contributed by atoms with van der Waals surface area (Å²) < 4.78 is 18.9. The Kier molecular flexibility index (Phi) is 7.09. The van der Waals surface area contributed by atoms with Crippen molar-refractivity contribution in [3.8, 4) is 11.1 Å². The maximum absolute atomic E-state index is 13.6. The third-order valence-corrected chi connectivity index (χ3v) is 5.40. The summed E-state index contributed by atoms with van der Waals surface area (Å²) in [4.78, 5) is 28.8. The highest BCUT2D eigenvalue weighted by molar-refractivity contribution is 6.00. The van der Waals surface area contributed by atoms with Gasteiger partial charge in [0.15, 0.2) is 0 Å². The molecule has 1 aromatic heterocycles. The number of cyclic esters (lactones) is 1. The Hall–Kier alpha value is -3.06. The average molecular weight is 441 g/mol. The smallest absolute Gasteiger partial charge is 0.338 e. The van der Waals surface area contributed by atoms with Gasteiger partial charge in [0.25, 0.3) is 0 Å². The number of aromatic carboxylic acids is 1. The third kappa shape index (κ3) is 5.05. The number of aliphatic hydroxyl groups is 1. The summed E-state index contributed by atoms with van der Waals surface area (Å²) in [7, 11) is 0. The van der Waals surface area contributed by atoms with Gasteiger partial charge in [-0.25, -0.2) is 9.18 Å². The molecule has 170 valence electrons. The van der Waals surface area contributed by atoms with Gasteiger partial charge in [0, 0.05) is 17.5 Å². The summed E-state index contributed by atoms with van der Waals surface area (Å²) in [5, 5.41) is 20.0. The van der Waals surface area contributed by atoms with Crippen molar-refractivity contribution < 1.29 is 28.9 Å². The molecule has 0 spiro atoms. The van der Waals surface area contributed by atoms with Gasteiger partial charge in [-0.05, 0) is 35.6 Å². The number of hydrogen-bond acceptors (Lipinski definition) is 5. The first-order valence-corrected chi connectivity index (χ1v) is 10.7. The molecule has 0 radical (unpaired) electrons. The molecule has 2 atom stereocenters. The molecule has 0 unspecified atom stereocenters. The molecule has 0 bridgehead atoms. The summed E-state index contributed by atoms with van der Waals surface area (Å²) in [5.41, 5.74) is 2.78. The van der Waals surface area contributed by atoms with Gasteiger partial charge in [-0.15, -0.1) is 0 Å². The number of esters is 1. The van der Waals surface area contributed by atoms with Gasteiger partial charge in [0.05, 0.1) is 29.5 Å². The molecule has 1 saturated heterocycles. The van der Waals surface area contributed by atoms with Crippen LogP contribution in [0.1, 0.15) is 79.7 Å². The predicted octanol–water partition coefficient (Wildman–Crippen LogP) is 4.91. The van der Waals surface area contributed by atoms with Gasteiger partial charge in [-0.1, -0.05) is 45.9 Å². The van der Waals surface area contributed by atoms with Crippen LogP contribution in [-0.4, -0.2) is 39.3 Å². The van der Waals surface area contributed by atoms with Crippen molar-refractivity contribution in [2.45, 2.75) is 64.6 Å². The molecule has 1 aromatic carbocycles. The van der Waals surface area contributed by atoms with Gasteiger partial charge < -0.3 is 14.9 Å². The van der Waals surface area contributed by atoms with E-state index in [0.717, 1.165) is 0 Å². The Morgan fingerprint density at radius 3 is 2.31 bits per heavy atom. The number of nitrogens with zero attached hydrogens (tertiary/aromatic N) is 1. The number of halogens is 1. The molecule has 3 rings (SSSR count). The molecule has 2 aromatic rings. The number of rotatable bonds is 6. The number of carboxylic acids is 1. The van der Waals surface area contributed by atoms with Crippen molar-refractivity contribution in [3.05, 3.63) is 58.7 Å². The Morgan fingerprint density at radius 1 is 1.16 bits per heavy atom. The summed E-state index contributed by atoms with van der Waals surface area (Å²) >= 11 is 0. The monoisotopic (exact) mass is 441 g/mol. The second-order valence-electron chi connectivity index (χ2n) is 8.65. The SMILES string of the molecule is CC(C)c1nc(C(C)C)c(C(=O)O)c(-c2ccc(F)cc2)c1C=C[C@H]1C[C@H](O)CC(=O)O1. The minimum absolute atomic E-state index is 0.0336. The van der Waals surface area contributed by atoms with E-state index in [1.54, 1.807) is 24.3 Å².